The maximum Gasteiger partial charge on any atom is 0.209 e. The smallest absolute Gasteiger partial charge is 0.209 e. The zero-order valence-electron chi connectivity index (χ0n) is 10.2. The highest BCUT2D eigenvalue weighted by Crippen LogP contribution is 2.25. The first kappa shape index (κ1) is 10.3. The van der Waals surface area contributed by atoms with E-state index >= 15 is 0 Å². The fraction of sp³-hybridized carbons (Fsp3) is 0.267. The van der Waals surface area contributed by atoms with Crippen LogP contribution in [0.5, 0.6) is 0 Å². The van der Waals surface area contributed by atoms with Crippen LogP contribution in [0, 0.1) is 6.92 Å². The van der Waals surface area contributed by atoms with Crippen LogP contribution in [-0.2, 0) is 19.9 Å². The summed E-state index contributed by atoms with van der Waals surface area (Å²) in [6.07, 6.45) is 3.89. The van der Waals surface area contributed by atoms with Gasteiger partial charge in [0.1, 0.15) is 0 Å². The fourth-order valence-electron chi connectivity index (χ4n) is 2.64. The molecule has 0 saturated heterocycles. The van der Waals surface area contributed by atoms with E-state index in [1.54, 1.807) is 0 Å². The van der Waals surface area contributed by atoms with Crippen molar-refractivity contribution in [3.8, 4) is 0 Å². The largest absolute Gasteiger partial charge is 0.348 e. The van der Waals surface area contributed by atoms with Crippen LogP contribution in [0.15, 0.2) is 30.5 Å². The Kier molecular flexibility index (Phi) is 2.18. The van der Waals surface area contributed by atoms with Gasteiger partial charge in [0.15, 0.2) is 0 Å². The molecule has 0 N–H and O–H groups in total. The van der Waals surface area contributed by atoms with E-state index in [1.165, 1.54) is 16.7 Å². The van der Waals surface area contributed by atoms with Gasteiger partial charge in [-0.15, -0.1) is 0 Å². The van der Waals surface area contributed by atoms with Gasteiger partial charge in [-0.05, 0) is 37.0 Å². The minimum absolute atomic E-state index is 0.167. The third-order valence-electron chi connectivity index (χ3n) is 3.54. The number of fused-ring (bicyclic) bond motifs is 2. The number of hydrogen-bond acceptors (Lipinski definition) is 1. The Morgan fingerprint density at radius 1 is 1.12 bits per heavy atom. The molecular weight excluding hydrogens is 210 g/mol. The van der Waals surface area contributed by atoms with Crippen molar-refractivity contribution in [2.24, 2.45) is 7.05 Å². The van der Waals surface area contributed by atoms with E-state index in [-0.39, 0.29) is 5.78 Å². The first-order valence-electron chi connectivity index (χ1n) is 5.95. The van der Waals surface area contributed by atoms with Crippen LogP contribution < -0.4 is 0 Å². The lowest BCUT2D eigenvalue weighted by Crippen LogP contribution is -2.08. The maximum atomic E-state index is 12.5. The third-order valence-corrected chi connectivity index (χ3v) is 3.54. The van der Waals surface area contributed by atoms with Gasteiger partial charge in [0.2, 0.25) is 5.78 Å². The van der Waals surface area contributed by atoms with Crippen LogP contribution in [-0.4, -0.2) is 10.4 Å². The van der Waals surface area contributed by atoms with Crippen molar-refractivity contribution in [1.29, 1.82) is 0 Å². The number of nitrogens with zero attached hydrogens (tertiary/aromatic N) is 1. The highest BCUT2D eigenvalue weighted by atomic mass is 16.1. The standard InChI is InChI=1S/C15H15NO/c1-10-3-6-13-12(9-10)5-4-11-7-8-16(2)14(11)15(13)17/h3,6-9H,4-5H2,1-2H3. The molecule has 0 saturated carbocycles. The van der Waals surface area contributed by atoms with Crippen molar-refractivity contribution in [2.45, 2.75) is 19.8 Å². The van der Waals surface area contributed by atoms with E-state index in [4.69, 9.17) is 0 Å². The summed E-state index contributed by atoms with van der Waals surface area (Å²) in [5.74, 6) is 0.167. The first-order valence-corrected chi connectivity index (χ1v) is 5.95. The topological polar surface area (TPSA) is 22.0 Å². The summed E-state index contributed by atoms with van der Waals surface area (Å²) >= 11 is 0. The van der Waals surface area contributed by atoms with Crippen molar-refractivity contribution in [1.82, 2.24) is 4.57 Å². The molecule has 1 aliphatic carbocycles. The van der Waals surface area contributed by atoms with Gasteiger partial charge in [0, 0.05) is 18.8 Å². The predicted molar refractivity (Wildman–Crippen MR) is 67.4 cm³/mol. The van der Waals surface area contributed by atoms with E-state index in [2.05, 4.69) is 19.1 Å². The molecule has 0 radical (unpaired) electrons. The minimum Gasteiger partial charge on any atom is -0.348 e. The van der Waals surface area contributed by atoms with E-state index in [9.17, 15) is 4.79 Å². The second-order valence-corrected chi connectivity index (χ2v) is 4.79. The molecule has 1 aromatic carbocycles. The molecule has 0 fully saturated rings. The van der Waals surface area contributed by atoms with Crippen LogP contribution in [0.1, 0.15) is 32.7 Å². The average molecular weight is 225 g/mol. The molecule has 0 amide bonds. The SMILES string of the molecule is Cc1ccc2c(c1)CCc1ccn(C)c1C2=O. The van der Waals surface area contributed by atoms with Crippen molar-refractivity contribution in [2.75, 3.05) is 0 Å². The lowest BCUT2D eigenvalue weighted by atomic mass is 9.99. The highest BCUT2D eigenvalue weighted by molar-refractivity contribution is 6.10. The zero-order valence-corrected chi connectivity index (χ0v) is 10.2. The molecule has 2 aromatic rings. The minimum atomic E-state index is 0.167. The number of ketones is 1. The van der Waals surface area contributed by atoms with Crippen molar-refractivity contribution in [3.05, 3.63) is 58.4 Å². The van der Waals surface area contributed by atoms with Crippen LogP contribution in [0.3, 0.4) is 0 Å². The third kappa shape index (κ3) is 1.52. The Morgan fingerprint density at radius 2 is 1.88 bits per heavy atom. The van der Waals surface area contributed by atoms with Gasteiger partial charge in [-0.2, -0.15) is 0 Å². The van der Waals surface area contributed by atoms with Crippen LogP contribution in [0.25, 0.3) is 0 Å². The van der Waals surface area contributed by atoms with Crippen molar-refractivity contribution < 1.29 is 4.79 Å². The lowest BCUT2D eigenvalue weighted by molar-refractivity contribution is 0.103. The Bertz CT molecular complexity index is 607. The number of hydrogen-bond donors (Lipinski definition) is 0. The van der Waals surface area contributed by atoms with Gasteiger partial charge >= 0.3 is 0 Å². The highest BCUT2D eigenvalue weighted by Gasteiger charge is 2.23. The molecule has 0 unspecified atom stereocenters. The summed E-state index contributed by atoms with van der Waals surface area (Å²) in [5.41, 5.74) is 5.31. The van der Waals surface area contributed by atoms with Gasteiger partial charge in [-0.25, -0.2) is 0 Å². The molecule has 2 nitrogen and oxygen atoms in total. The first-order chi connectivity index (χ1) is 8.16. The number of aryl methyl sites for hydroxylation is 4. The second kappa shape index (κ2) is 3.59. The Morgan fingerprint density at radius 3 is 2.71 bits per heavy atom. The predicted octanol–water partition coefficient (Wildman–Crippen LogP) is 2.66. The Balaban J connectivity index is 2.22. The van der Waals surface area contributed by atoms with Crippen LogP contribution >= 0.6 is 0 Å². The number of benzene rings is 1. The molecule has 86 valence electrons. The normalized spacial score (nSPS) is 14.1. The molecular formula is C15H15NO. The van der Waals surface area contributed by atoms with E-state index < -0.39 is 0 Å². The van der Waals surface area contributed by atoms with Gasteiger partial charge in [-0.1, -0.05) is 23.8 Å². The molecule has 1 aliphatic rings. The number of aromatic nitrogens is 1. The van der Waals surface area contributed by atoms with Crippen molar-refractivity contribution >= 4 is 5.78 Å². The second-order valence-electron chi connectivity index (χ2n) is 4.79. The maximum absolute atomic E-state index is 12.5. The summed E-state index contributed by atoms with van der Waals surface area (Å²) in [5, 5.41) is 0. The molecule has 17 heavy (non-hydrogen) atoms. The molecule has 0 spiro atoms. The summed E-state index contributed by atoms with van der Waals surface area (Å²) in [7, 11) is 1.94. The Hall–Kier alpha value is -1.83. The van der Waals surface area contributed by atoms with Gasteiger partial charge in [0.25, 0.3) is 0 Å². The van der Waals surface area contributed by atoms with E-state index in [0.717, 1.165) is 24.1 Å². The zero-order chi connectivity index (χ0) is 12.0. The fourth-order valence-corrected chi connectivity index (χ4v) is 2.64. The lowest BCUT2D eigenvalue weighted by Gasteiger charge is -2.06. The molecule has 0 aliphatic heterocycles. The molecule has 0 atom stereocenters. The number of carbonyl (C=O) groups is 1. The summed E-state index contributed by atoms with van der Waals surface area (Å²) in [6.45, 7) is 2.07. The molecule has 1 heterocycles. The van der Waals surface area contributed by atoms with Gasteiger partial charge < -0.3 is 4.57 Å². The quantitative estimate of drug-likeness (QED) is 0.675. The molecule has 0 bridgehead atoms. The summed E-state index contributed by atoms with van der Waals surface area (Å²) in [4.78, 5) is 12.5. The van der Waals surface area contributed by atoms with Crippen LogP contribution in [0.4, 0.5) is 0 Å². The van der Waals surface area contributed by atoms with Gasteiger partial charge in [0.05, 0.1) is 5.69 Å². The summed E-state index contributed by atoms with van der Waals surface area (Å²) in [6, 6.07) is 8.19. The van der Waals surface area contributed by atoms with E-state index in [0.29, 0.717) is 0 Å². The molecule has 2 heteroatoms. The summed E-state index contributed by atoms with van der Waals surface area (Å²) < 4.78 is 1.94. The monoisotopic (exact) mass is 225 g/mol. The Labute approximate surface area is 101 Å². The van der Waals surface area contributed by atoms with E-state index in [1.807, 2.05) is 29.9 Å². The number of carbonyl (C=O) groups excluding carboxylic acids is 1. The molecule has 3 rings (SSSR count). The van der Waals surface area contributed by atoms with Crippen molar-refractivity contribution in [3.63, 3.8) is 0 Å². The van der Waals surface area contributed by atoms with Gasteiger partial charge in [-0.3, -0.25) is 4.79 Å². The average Bonchev–Trinajstić information content (AvgIpc) is 2.60. The number of rotatable bonds is 0. The van der Waals surface area contributed by atoms with Crippen LogP contribution in [0.2, 0.25) is 0 Å². The molecule has 1 aromatic heterocycles.